The Morgan fingerprint density at radius 3 is 2.46 bits per heavy atom. The number of aryl methyl sites for hydroxylation is 2. The van der Waals surface area contributed by atoms with Gasteiger partial charge in [0.1, 0.15) is 29.0 Å². The fourth-order valence-electron chi connectivity index (χ4n) is 5.83. The van der Waals surface area contributed by atoms with E-state index in [1.165, 1.54) is 0 Å². The van der Waals surface area contributed by atoms with Gasteiger partial charge in [0.25, 0.3) is 0 Å². The molecule has 3 unspecified atom stereocenters. The van der Waals surface area contributed by atoms with Crippen LogP contribution in [0.15, 0.2) is 53.1 Å². The molecule has 1 amide bonds. The lowest BCUT2D eigenvalue weighted by Crippen LogP contribution is -2.55. The van der Waals surface area contributed by atoms with Crippen LogP contribution in [0.2, 0.25) is 0 Å². The molecule has 2 aromatic carbocycles. The van der Waals surface area contributed by atoms with E-state index in [1.807, 2.05) is 31.2 Å². The topological polar surface area (TPSA) is 115 Å². The summed E-state index contributed by atoms with van der Waals surface area (Å²) in [6, 6.07) is 17.4. The first-order valence-electron chi connectivity index (χ1n) is 13.6. The Kier molecular flexibility index (Phi) is 8.15. The third kappa shape index (κ3) is 6.41. The van der Waals surface area contributed by atoms with Crippen molar-refractivity contribution in [2.45, 2.75) is 57.7 Å². The summed E-state index contributed by atoms with van der Waals surface area (Å²) in [7, 11) is 0. The number of hydrogen-bond donors (Lipinski definition) is 2. The summed E-state index contributed by atoms with van der Waals surface area (Å²) in [6.45, 7) is 6.73. The molecule has 3 heterocycles. The van der Waals surface area contributed by atoms with Gasteiger partial charge in [0.05, 0.1) is 18.2 Å². The predicted octanol–water partition coefficient (Wildman–Crippen LogP) is 4.56. The minimum absolute atomic E-state index is 0.0334. The van der Waals surface area contributed by atoms with Crippen molar-refractivity contribution in [1.82, 2.24) is 15.0 Å². The molecular weight excluding hydrogens is 494 g/mol. The lowest BCUT2D eigenvalue weighted by molar-refractivity contribution is -0.118. The molecule has 3 aromatic rings. The highest BCUT2D eigenvalue weighted by atomic mass is 16.5. The van der Waals surface area contributed by atoms with Gasteiger partial charge in [-0.3, -0.25) is 14.6 Å². The number of rotatable bonds is 10. The van der Waals surface area contributed by atoms with Crippen molar-refractivity contribution in [2.75, 3.05) is 31.5 Å². The van der Waals surface area contributed by atoms with E-state index in [2.05, 4.69) is 26.3 Å². The molecule has 2 aliphatic heterocycles. The number of ether oxygens (including phenoxy) is 1. The lowest BCUT2D eigenvalue weighted by atomic mass is 10.0. The highest BCUT2D eigenvalue weighted by Crippen LogP contribution is 2.32. The number of fused-ring (bicyclic) bond motifs is 2. The second-order valence-corrected chi connectivity index (χ2v) is 10.5. The number of nitrogens with one attached hydrogen (secondary N) is 1. The number of piperazine rings is 1. The number of phenolic OH excluding ortho intramolecular Hbond substituents is 1. The molecule has 2 aliphatic rings. The molecule has 2 fully saturated rings. The number of benzene rings is 2. The van der Waals surface area contributed by atoms with Gasteiger partial charge < -0.3 is 19.7 Å². The number of phenols is 1. The van der Waals surface area contributed by atoms with Crippen LogP contribution in [-0.2, 0) is 4.79 Å². The molecule has 1 aromatic heterocycles. The third-order valence-corrected chi connectivity index (χ3v) is 7.78. The van der Waals surface area contributed by atoms with E-state index in [-0.39, 0.29) is 17.8 Å². The monoisotopic (exact) mass is 529 g/mol. The molecule has 0 saturated carbocycles. The summed E-state index contributed by atoms with van der Waals surface area (Å²) < 4.78 is 11.5. The van der Waals surface area contributed by atoms with E-state index < -0.39 is 0 Å². The number of hydrogen-bond acceptors (Lipinski definition) is 8. The molecule has 39 heavy (non-hydrogen) atoms. The summed E-state index contributed by atoms with van der Waals surface area (Å²) in [5.41, 5.74) is 3.02. The fraction of sp³-hybridized carbons (Fsp3) is 0.433. The Hall–Kier alpha value is -3.87. The standard InChI is InChI=1S/C30H35N5O4/c1-20-30(21(2)39-33-20)32-29(37)19-34-17-24-9-10-25(18-34)35(24)15-3-4-28(23-7-5-22(16-31)6-8-23)38-27-13-11-26(36)12-14-27/h5-8,11-14,24-25,28,36H,3-4,9-10,15,17-19H2,1-2H3,(H,32,37). The summed E-state index contributed by atoms with van der Waals surface area (Å²) in [4.78, 5) is 17.6. The van der Waals surface area contributed by atoms with Crippen LogP contribution in [0.1, 0.15) is 54.4 Å². The number of anilines is 1. The highest BCUT2D eigenvalue weighted by molar-refractivity contribution is 5.93. The van der Waals surface area contributed by atoms with Gasteiger partial charge in [-0.25, -0.2) is 0 Å². The quantitative estimate of drug-likeness (QED) is 0.393. The molecule has 5 rings (SSSR count). The van der Waals surface area contributed by atoms with Crippen molar-refractivity contribution >= 4 is 11.6 Å². The van der Waals surface area contributed by atoms with E-state index in [1.54, 1.807) is 31.2 Å². The normalized spacial score (nSPS) is 19.9. The SMILES string of the molecule is Cc1noc(C)c1NC(=O)CN1CC2CCC(C1)N2CCCC(Oc1ccc(O)cc1)c1ccc(C#N)cc1. The van der Waals surface area contributed by atoms with Crippen LogP contribution in [-0.4, -0.2) is 64.2 Å². The Bertz CT molecular complexity index is 1280. The minimum Gasteiger partial charge on any atom is -0.508 e. The number of carbonyl (C=O) groups is 1. The van der Waals surface area contributed by atoms with E-state index in [0.29, 0.717) is 47.1 Å². The number of amides is 1. The Labute approximate surface area is 229 Å². The number of nitriles is 1. The van der Waals surface area contributed by atoms with Crippen LogP contribution in [0.4, 0.5) is 5.69 Å². The first-order valence-corrected chi connectivity index (χ1v) is 13.6. The third-order valence-electron chi connectivity index (χ3n) is 7.78. The number of carbonyl (C=O) groups excluding carboxylic acids is 1. The first kappa shape index (κ1) is 26.7. The van der Waals surface area contributed by atoms with Crippen molar-refractivity contribution in [3.05, 3.63) is 71.1 Å². The number of likely N-dealkylation sites (tertiary alicyclic amines) is 1. The predicted molar refractivity (Wildman–Crippen MR) is 146 cm³/mol. The maximum Gasteiger partial charge on any atom is 0.238 e. The average molecular weight is 530 g/mol. The van der Waals surface area contributed by atoms with Crippen LogP contribution in [0.5, 0.6) is 11.5 Å². The molecule has 3 atom stereocenters. The number of nitrogens with zero attached hydrogens (tertiary/aromatic N) is 4. The minimum atomic E-state index is -0.158. The van der Waals surface area contributed by atoms with Gasteiger partial charge in [-0.2, -0.15) is 5.26 Å². The number of aromatic nitrogens is 1. The molecule has 204 valence electrons. The average Bonchev–Trinajstić information content (AvgIpc) is 3.37. The summed E-state index contributed by atoms with van der Waals surface area (Å²) in [5, 5.41) is 25.7. The van der Waals surface area contributed by atoms with Gasteiger partial charge in [-0.05, 0) is 88.0 Å². The molecular formula is C30H35N5O4. The van der Waals surface area contributed by atoms with Crippen LogP contribution < -0.4 is 10.1 Å². The van der Waals surface area contributed by atoms with Gasteiger partial charge in [0.15, 0.2) is 5.76 Å². The summed E-state index contributed by atoms with van der Waals surface area (Å²) in [5.74, 6) is 1.49. The maximum atomic E-state index is 12.7. The Morgan fingerprint density at radius 2 is 1.85 bits per heavy atom. The van der Waals surface area contributed by atoms with Crippen molar-refractivity contribution in [3.8, 4) is 17.6 Å². The Morgan fingerprint density at radius 1 is 1.15 bits per heavy atom. The van der Waals surface area contributed by atoms with Gasteiger partial charge in [-0.1, -0.05) is 17.3 Å². The summed E-state index contributed by atoms with van der Waals surface area (Å²) >= 11 is 0. The van der Waals surface area contributed by atoms with E-state index in [0.717, 1.165) is 50.9 Å². The molecule has 9 nitrogen and oxygen atoms in total. The van der Waals surface area contributed by atoms with Gasteiger partial charge in [0.2, 0.25) is 5.91 Å². The molecule has 2 N–H and O–H groups in total. The van der Waals surface area contributed by atoms with Crippen molar-refractivity contribution in [2.24, 2.45) is 0 Å². The molecule has 0 spiro atoms. The van der Waals surface area contributed by atoms with Crippen LogP contribution in [0, 0.1) is 25.2 Å². The second-order valence-electron chi connectivity index (χ2n) is 10.5. The van der Waals surface area contributed by atoms with Crippen LogP contribution in [0.25, 0.3) is 0 Å². The zero-order valence-corrected chi connectivity index (χ0v) is 22.5. The maximum absolute atomic E-state index is 12.7. The van der Waals surface area contributed by atoms with Crippen molar-refractivity contribution in [1.29, 1.82) is 5.26 Å². The second kappa shape index (κ2) is 11.9. The van der Waals surface area contributed by atoms with Crippen LogP contribution in [0.3, 0.4) is 0 Å². The van der Waals surface area contributed by atoms with Gasteiger partial charge in [0, 0.05) is 25.2 Å². The van der Waals surface area contributed by atoms with Crippen LogP contribution >= 0.6 is 0 Å². The zero-order chi connectivity index (χ0) is 27.4. The van der Waals surface area contributed by atoms with Gasteiger partial charge >= 0.3 is 0 Å². The largest absolute Gasteiger partial charge is 0.508 e. The molecule has 0 radical (unpaired) electrons. The smallest absolute Gasteiger partial charge is 0.238 e. The van der Waals surface area contributed by atoms with Crippen molar-refractivity contribution < 1.29 is 19.2 Å². The van der Waals surface area contributed by atoms with E-state index in [9.17, 15) is 15.2 Å². The highest BCUT2D eigenvalue weighted by Gasteiger charge is 2.39. The Balaban J connectivity index is 1.16. The van der Waals surface area contributed by atoms with E-state index in [4.69, 9.17) is 9.26 Å². The molecule has 0 aliphatic carbocycles. The first-order chi connectivity index (χ1) is 18.9. The zero-order valence-electron chi connectivity index (χ0n) is 22.5. The number of aromatic hydroxyl groups is 1. The van der Waals surface area contributed by atoms with E-state index >= 15 is 0 Å². The molecule has 9 heteroatoms. The lowest BCUT2D eigenvalue weighted by Gasteiger charge is -2.41. The summed E-state index contributed by atoms with van der Waals surface area (Å²) in [6.07, 6.45) is 3.93. The van der Waals surface area contributed by atoms with Gasteiger partial charge in [-0.15, -0.1) is 0 Å². The molecule has 2 bridgehead atoms. The fourth-order valence-corrected chi connectivity index (χ4v) is 5.83. The van der Waals surface area contributed by atoms with Crippen molar-refractivity contribution in [3.63, 3.8) is 0 Å². The molecule has 2 saturated heterocycles.